The second-order valence-electron chi connectivity index (χ2n) is 5.26. The first kappa shape index (κ1) is 15.0. The average molecular weight is 249 g/mol. The van der Waals surface area contributed by atoms with E-state index in [1.54, 1.807) is 0 Å². The Balaban J connectivity index is 2.67. The summed E-state index contributed by atoms with van der Waals surface area (Å²) >= 11 is 0. The Morgan fingerprint density at radius 3 is 2.56 bits per heavy atom. The summed E-state index contributed by atoms with van der Waals surface area (Å²) in [5, 5.41) is 0. The van der Waals surface area contributed by atoms with Crippen LogP contribution in [-0.2, 0) is 6.42 Å². The van der Waals surface area contributed by atoms with Crippen LogP contribution in [0.15, 0.2) is 12.1 Å². The van der Waals surface area contributed by atoms with Gasteiger partial charge in [0.05, 0.1) is 6.61 Å². The molecule has 2 nitrogen and oxygen atoms in total. The van der Waals surface area contributed by atoms with E-state index < -0.39 is 0 Å². The molecule has 18 heavy (non-hydrogen) atoms. The van der Waals surface area contributed by atoms with E-state index >= 15 is 0 Å². The maximum Gasteiger partial charge on any atom is 0.122 e. The van der Waals surface area contributed by atoms with Gasteiger partial charge in [-0.15, -0.1) is 0 Å². The standard InChI is InChI=1S/C16H27NO/c1-5-9-18-16-11-12(2)15(10-13(16)3)8-6-7-14(4)17/h10-11,14H,5-9,17H2,1-4H3. The molecule has 102 valence electrons. The van der Waals surface area contributed by atoms with Gasteiger partial charge < -0.3 is 10.5 Å². The Bertz CT molecular complexity index is 372. The molecule has 0 amide bonds. The Morgan fingerprint density at radius 2 is 1.94 bits per heavy atom. The van der Waals surface area contributed by atoms with Crippen molar-refractivity contribution < 1.29 is 4.74 Å². The zero-order valence-corrected chi connectivity index (χ0v) is 12.3. The van der Waals surface area contributed by atoms with E-state index in [9.17, 15) is 0 Å². The summed E-state index contributed by atoms with van der Waals surface area (Å²) in [7, 11) is 0. The van der Waals surface area contributed by atoms with Crippen LogP contribution in [0.25, 0.3) is 0 Å². The van der Waals surface area contributed by atoms with Crippen LogP contribution in [0, 0.1) is 13.8 Å². The summed E-state index contributed by atoms with van der Waals surface area (Å²) in [6.07, 6.45) is 4.41. The van der Waals surface area contributed by atoms with Crippen LogP contribution in [0.1, 0.15) is 49.8 Å². The van der Waals surface area contributed by atoms with Crippen LogP contribution in [0.5, 0.6) is 5.75 Å². The fourth-order valence-corrected chi connectivity index (χ4v) is 2.10. The van der Waals surface area contributed by atoms with Crippen LogP contribution in [-0.4, -0.2) is 12.6 Å². The van der Waals surface area contributed by atoms with Crippen molar-refractivity contribution in [3.63, 3.8) is 0 Å². The highest BCUT2D eigenvalue weighted by Crippen LogP contribution is 2.24. The largest absolute Gasteiger partial charge is 0.493 e. The number of benzene rings is 1. The van der Waals surface area contributed by atoms with Gasteiger partial charge in [-0.3, -0.25) is 0 Å². The summed E-state index contributed by atoms with van der Waals surface area (Å²) in [6, 6.07) is 4.74. The smallest absolute Gasteiger partial charge is 0.122 e. The molecule has 2 N–H and O–H groups in total. The molecule has 0 radical (unpaired) electrons. The molecule has 0 aliphatic rings. The first-order valence-corrected chi connectivity index (χ1v) is 7.03. The summed E-state index contributed by atoms with van der Waals surface area (Å²) in [6.45, 7) is 9.29. The summed E-state index contributed by atoms with van der Waals surface area (Å²) < 4.78 is 5.74. The van der Waals surface area contributed by atoms with Crippen molar-refractivity contribution in [1.29, 1.82) is 0 Å². The molecule has 0 spiro atoms. The van der Waals surface area contributed by atoms with Gasteiger partial charge in [-0.2, -0.15) is 0 Å². The summed E-state index contributed by atoms with van der Waals surface area (Å²) in [5.74, 6) is 1.03. The van der Waals surface area contributed by atoms with Gasteiger partial charge in [-0.25, -0.2) is 0 Å². The van der Waals surface area contributed by atoms with Gasteiger partial charge in [0.15, 0.2) is 0 Å². The van der Waals surface area contributed by atoms with E-state index in [-0.39, 0.29) is 0 Å². The highest BCUT2D eigenvalue weighted by Gasteiger charge is 2.06. The lowest BCUT2D eigenvalue weighted by Gasteiger charge is -2.13. The quantitative estimate of drug-likeness (QED) is 0.798. The Labute approximate surface area is 112 Å². The Hall–Kier alpha value is -1.02. The molecule has 0 saturated carbocycles. The predicted molar refractivity (Wildman–Crippen MR) is 78.3 cm³/mol. The molecule has 2 heteroatoms. The lowest BCUT2D eigenvalue weighted by Crippen LogP contribution is -2.14. The zero-order valence-electron chi connectivity index (χ0n) is 12.3. The lowest BCUT2D eigenvalue weighted by molar-refractivity contribution is 0.315. The van der Waals surface area contributed by atoms with Crippen molar-refractivity contribution in [3.8, 4) is 5.75 Å². The van der Waals surface area contributed by atoms with Gasteiger partial charge in [0.25, 0.3) is 0 Å². The summed E-state index contributed by atoms with van der Waals surface area (Å²) in [5.41, 5.74) is 9.78. The minimum Gasteiger partial charge on any atom is -0.493 e. The normalized spacial score (nSPS) is 12.5. The third-order valence-corrected chi connectivity index (χ3v) is 3.20. The van der Waals surface area contributed by atoms with E-state index in [0.717, 1.165) is 38.0 Å². The maximum atomic E-state index is 5.78. The van der Waals surface area contributed by atoms with Gasteiger partial charge in [0, 0.05) is 6.04 Å². The average Bonchev–Trinajstić information content (AvgIpc) is 2.31. The van der Waals surface area contributed by atoms with Crippen LogP contribution < -0.4 is 10.5 Å². The lowest BCUT2D eigenvalue weighted by atomic mass is 9.99. The highest BCUT2D eigenvalue weighted by molar-refractivity contribution is 5.41. The van der Waals surface area contributed by atoms with E-state index in [2.05, 4.69) is 39.8 Å². The van der Waals surface area contributed by atoms with Gasteiger partial charge in [-0.05, 0) is 69.2 Å². The molecule has 1 aromatic rings. The molecule has 1 atom stereocenters. The van der Waals surface area contributed by atoms with Crippen molar-refractivity contribution in [2.24, 2.45) is 5.73 Å². The predicted octanol–water partition coefficient (Wildman–Crippen LogP) is 3.76. The van der Waals surface area contributed by atoms with Crippen molar-refractivity contribution >= 4 is 0 Å². The first-order chi connectivity index (χ1) is 8.54. The molecule has 1 unspecified atom stereocenters. The molecule has 0 bridgehead atoms. The highest BCUT2D eigenvalue weighted by atomic mass is 16.5. The topological polar surface area (TPSA) is 35.2 Å². The van der Waals surface area contributed by atoms with Crippen LogP contribution >= 0.6 is 0 Å². The van der Waals surface area contributed by atoms with Crippen molar-refractivity contribution in [1.82, 2.24) is 0 Å². The fourth-order valence-electron chi connectivity index (χ4n) is 2.10. The number of rotatable bonds is 7. The van der Waals surface area contributed by atoms with E-state index in [1.165, 1.54) is 16.7 Å². The van der Waals surface area contributed by atoms with Crippen LogP contribution in [0.4, 0.5) is 0 Å². The molecule has 1 rings (SSSR count). The monoisotopic (exact) mass is 249 g/mol. The molecule has 0 aromatic heterocycles. The van der Waals surface area contributed by atoms with Gasteiger partial charge in [-0.1, -0.05) is 13.0 Å². The number of aryl methyl sites for hydroxylation is 3. The molecule has 0 saturated heterocycles. The minimum absolute atomic E-state index is 0.304. The second-order valence-corrected chi connectivity index (χ2v) is 5.26. The first-order valence-electron chi connectivity index (χ1n) is 7.03. The van der Waals surface area contributed by atoms with Crippen molar-refractivity contribution in [3.05, 3.63) is 28.8 Å². The van der Waals surface area contributed by atoms with E-state index in [0.29, 0.717) is 6.04 Å². The molecular weight excluding hydrogens is 222 g/mol. The summed E-state index contributed by atoms with van der Waals surface area (Å²) in [4.78, 5) is 0. The molecule has 0 heterocycles. The molecule has 0 fully saturated rings. The third kappa shape index (κ3) is 4.69. The van der Waals surface area contributed by atoms with Crippen LogP contribution in [0.2, 0.25) is 0 Å². The van der Waals surface area contributed by atoms with Gasteiger partial charge in [0.2, 0.25) is 0 Å². The number of nitrogens with two attached hydrogens (primary N) is 1. The maximum absolute atomic E-state index is 5.78. The third-order valence-electron chi connectivity index (χ3n) is 3.20. The van der Waals surface area contributed by atoms with Gasteiger partial charge in [0.1, 0.15) is 5.75 Å². The number of hydrogen-bond donors (Lipinski definition) is 1. The molecule has 1 aromatic carbocycles. The second kappa shape index (κ2) is 7.42. The fraction of sp³-hybridized carbons (Fsp3) is 0.625. The van der Waals surface area contributed by atoms with Gasteiger partial charge >= 0.3 is 0 Å². The van der Waals surface area contributed by atoms with E-state index in [1.807, 2.05) is 0 Å². The van der Waals surface area contributed by atoms with Crippen molar-refractivity contribution in [2.45, 2.75) is 59.4 Å². The van der Waals surface area contributed by atoms with Crippen molar-refractivity contribution in [2.75, 3.05) is 6.61 Å². The molecular formula is C16H27NO. The Morgan fingerprint density at radius 1 is 1.22 bits per heavy atom. The SMILES string of the molecule is CCCOc1cc(C)c(CCCC(C)N)cc1C. The number of ether oxygens (including phenoxy) is 1. The number of hydrogen-bond acceptors (Lipinski definition) is 2. The molecule has 0 aliphatic heterocycles. The van der Waals surface area contributed by atoms with E-state index in [4.69, 9.17) is 10.5 Å². The zero-order chi connectivity index (χ0) is 13.5. The Kier molecular flexibility index (Phi) is 6.20. The minimum atomic E-state index is 0.304. The molecule has 0 aliphatic carbocycles. The van der Waals surface area contributed by atoms with Crippen LogP contribution in [0.3, 0.4) is 0 Å².